The summed E-state index contributed by atoms with van der Waals surface area (Å²) in [7, 11) is 3.24. The molecule has 1 atom stereocenters. The Hall–Kier alpha value is -3.38. The first-order chi connectivity index (χ1) is 15.6. The van der Waals surface area contributed by atoms with Crippen molar-refractivity contribution in [2.75, 3.05) is 19.1 Å². The lowest BCUT2D eigenvalue weighted by Gasteiger charge is -2.25. The van der Waals surface area contributed by atoms with Crippen molar-refractivity contribution in [3.63, 3.8) is 0 Å². The van der Waals surface area contributed by atoms with Crippen molar-refractivity contribution in [3.8, 4) is 23.0 Å². The van der Waals surface area contributed by atoms with Gasteiger partial charge in [-0.2, -0.15) is 0 Å². The molecule has 0 fully saturated rings. The molecule has 0 N–H and O–H groups in total. The third-order valence-electron chi connectivity index (χ3n) is 5.69. The van der Waals surface area contributed by atoms with Crippen LogP contribution in [0.4, 0.5) is 5.69 Å². The molecule has 1 aliphatic rings. The van der Waals surface area contributed by atoms with Crippen LogP contribution in [0.2, 0.25) is 0 Å². The zero-order valence-electron chi connectivity index (χ0n) is 18.5. The van der Waals surface area contributed by atoms with Gasteiger partial charge in [-0.05, 0) is 66.4 Å². The second kappa shape index (κ2) is 8.28. The third-order valence-corrected chi connectivity index (χ3v) is 6.77. The maximum absolute atomic E-state index is 6.28. The fourth-order valence-electron chi connectivity index (χ4n) is 4.10. The van der Waals surface area contributed by atoms with Crippen LogP contribution in [0.5, 0.6) is 23.0 Å². The van der Waals surface area contributed by atoms with E-state index in [9.17, 15) is 0 Å². The molecule has 0 spiro atoms. The molecule has 5 nitrogen and oxygen atoms in total. The number of fused-ring (bicyclic) bond motifs is 2. The van der Waals surface area contributed by atoms with Crippen molar-refractivity contribution in [2.45, 2.75) is 19.2 Å². The molecule has 1 unspecified atom stereocenters. The van der Waals surface area contributed by atoms with Crippen LogP contribution in [0.3, 0.4) is 0 Å². The first kappa shape index (κ1) is 20.5. The van der Waals surface area contributed by atoms with Gasteiger partial charge in [0.05, 0.1) is 25.1 Å². The normalized spacial score (nSPS) is 15.8. The van der Waals surface area contributed by atoms with Crippen LogP contribution in [0, 0.1) is 0 Å². The van der Waals surface area contributed by atoms with E-state index < -0.39 is 0 Å². The highest BCUT2D eigenvalue weighted by atomic mass is 32.2. The molecule has 0 radical (unpaired) electrons. The lowest BCUT2D eigenvalue weighted by Crippen LogP contribution is -2.24. The number of anilines is 1. The highest BCUT2D eigenvalue weighted by molar-refractivity contribution is 8.03. The van der Waals surface area contributed by atoms with Crippen molar-refractivity contribution in [2.24, 2.45) is 0 Å². The summed E-state index contributed by atoms with van der Waals surface area (Å²) in [5.74, 6) is 2.77. The van der Waals surface area contributed by atoms with Crippen LogP contribution in [0.1, 0.15) is 13.8 Å². The Morgan fingerprint density at radius 2 is 1.62 bits per heavy atom. The molecule has 0 bridgehead atoms. The van der Waals surface area contributed by atoms with E-state index in [1.807, 2.05) is 36.0 Å². The number of nitrogens with zero attached hydrogens (tertiary/aromatic N) is 2. The molecule has 6 heteroatoms. The van der Waals surface area contributed by atoms with Gasteiger partial charge < -0.3 is 19.1 Å². The molecule has 0 saturated carbocycles. The molecule has 3 aromatic carbocycles. The Morgan fingerprint density at radius 1 is 0.875 bits per heavy atom. The lowest BCUT2D eigenvalue weighted by molar-refractivity contribution is 0.355. The summed E-state index contributed by atoms with van der Waals surface area (Å²) in [6.45, 7) is 4.38. The molecule has 0 amide bonds. The van der Waals surface area contributed by atoms with E-state index in [1.54, 1.807) is 20.4 Å². The highest BCUT2D eigenvalue weighted by Crippen LogP contribution is 2.39. The van der Waals surface area contributed by atoms with Gasteiger partial charge in [0.15, 0.2) is 11.5 Å². The fraction of sp³-hybridized carbons (Fsp3) is 0.192. The summed E-state index contributed by atoms with van der Waals surface area (Å²) in [4.78, 5) is 6.81. The molecule has 4 aromatic rings. The number of allylic oxidation sites excluding steroid dienone is 1. The second-order valence-corrected chi connectivity index (χ2v) is 8.88. The molecule has 1 aromatic heterocycles. The molecule has 2 heterocycles. The number of methoxy groups -OCH3 is 2. The topological polar surface area (TPSA) is 43.8 Å². The quantitative estimate of drug-likeness (QED) is 0.332. The van der Waals surface area contributed by atoms with Gasteiger partial charge in [-0.15, -0.1) is 11.8 Å². The summed E-state index contributed by atoms with van der Waals surface area (Å²) in [6.07, 6.45) is 1.74. The van der Waals surface area contributed by atoms with Crippen molar-refractivity contribution in [1.29, 1.82) is 0 Å². The van der Waals surface area contributed by atoms with E-state index >= 15 is 0 Å². The Morgan fingerprint density at radius 3 is 2.38 bits per heavy atom. The Labute approximate surface area is 191 Å². The summed E-state index contributed by atoms with van der Waals surface area (Å²) >= 11 is 1.85. The Balaban J connectivity index is 1.49. The van der Waals surface area contributed by atoms with Gasteiger partial charge in [0.25, 0.3) is 0 Å². The number of aromatic nitrogens is 1. The van der Waals surface area contributed by atoms with Gasteiger partial charge in [0, 0.05) is 29.0 Å². The molecule has 162 valence electrons. The van der Waals surface area contributed by atoms with Crippen LogP contribution in [0.15, 0.2) is 71.9 Å². The van der Waals surface area contributed by atoms with Gasteiger partial charge in [0.1, 0.15) is 11.5 Å². The maximum atomic E-state index is 6.28. The zero-order valence-corrected chi connectivity index (χ0v) is 19.3. The summed E-state index contributed by atoms with van der Waals surface area (Å²) < 4.78 is 17.1. The monoisotopic (exact) mass is 444 g/mol. The number of benzene rings is 3. The first-order valence-corrected chi connectivity index (χ1v) is 11.4. The van der Waals surface area contributed by atoms with E-state index in [1.165, 1.54) is 16.8 Å². The van der Waals surface area contributed by atoms with Gasteiger partial charge in [-0.1, -0.05) is 12.1 Å². The predicted octanol–water partition coefficient (Wildman–Crippen LogP) is 6.96. The molecule has 1 aliphatic heterocycles. The Bertz CT molecular complexity index is 1350. The number of hydrogen-bond donors (Lipinski definition) is 0. The van der Waals surface area contributed by atoms with Crippen molar-refractivity contribution >= 4 is 39.1 Å². The fourth-order valence-corrected chi connectivity index (χ4v) is 5.02. The van der Waals surface area contributed by atoms with E-state index in [2.05, 4.69) is 59.5 Å². The molecular formula is C26H24N2O3S. The van der Waals surface area contributed by atoms with Crippen molar-refractivity contribution in [1.82, 2.24) is 4.98 Å². The molecule has 0 saturated heterocycles. The van der Waals surface area contributed by atoms with Crippen molar-refractivity contribution in [3.05, 3.63) is 71.9 Å². The van der Waals surface area contributed by atoms with E-state index in [0.717, 1.165) is 27.8 Å². The minimum atomic E-state index is 0.408. The SMILES string of the molecule is COc1cc2nccc(Oc3ccc4cc(N5C(C)=CSC5C)ccc4c3)c2cc1OC. The largest absolute Gasteiger partial charge is 0.493 e. The molecule has 5 rings (SSSR count). The second-order valence-electron chi connectivity index (χ2n) is 7.69. The maximum Gasteiger partial charge on any atom is 0.162 e. The zero-order chi connectivity index (χ0) is 22.2. The van der Waals surface area contributed by atoms with E-state index in [0.29, 0.717) is 16.9 Å². The molecule has 0 aliphatic carbocycles. The number of thioether (sulfide) groups is 1. The summed E-state index contributed by atoms with van der Waals surface area (Å²) in [5.41, 5.74) is 3.27. The Kier molecular flexibility index (Phi) is 5.31. The molecular weight excluding hydrogens is 420 g/mol. The van der Waals surface area contributed by atoms with Gasteiger partial charge in [-0.3, -0.25) is 4.98 Å². The predicted molar refractivity (Wildman–Crippen MR) is 132 cm³/mol. The van der Waals surface area contributed by atoms with Crippen LogP contribution < -0.4 is 19.1 Å². The van der Waals surface area contributed by atoms with Crippen molar-refractivity contribution < 1.29 is 14.2 Å². The van der Waals surface area contributed by atoms with Gasteiger partial charge in [-0.25, -0.2) is 0 Å². The average molecular weight is 445 g/mol. The highest BCUT2D eigenvalue weighted by Gasteiger charge is 2.21. The van der Waals surface area contributed by atoms with E-state index in [-0.39, 0.29) is 0 Å². The van der Waals surface area contributed by atoms with Crippen LogP contribution >= 0.6 is 11.8 Å². The van der Waals surface area contributed by atoms with E-state index in [4.69, 9.17) is 14.2 Å². The summed E-state index contributed by atoms with van der Waals surface area (Å²) in [6, 6.07) is 18.4. The first-order valence-electron chi connectivity index (χ1n) is 10.4. The smallest absolute Gasteiger partial charge is 0.162 e. The third kappa shape index (κ3) is 3.60. The average Bonchev–Trinajstić information content (AvgIpc) is 3.15. The minimum Gasteiger partial charge on any atom is -0.493 e. The molecule has 32 heavy (non-hydrogen) atoms. The number of rotatable bonds is 5. The minimum absolute atomic E-state index is 0.408. The number of ether oxygens (including phenoxy) is 3. The summed E-state index contributed by atoms with van der Waals surface area (Å²) in [5, 5.41) is 5.80. The van der Waals surface area contributed by atoms with Gasteiger partial charge in [0.2, 0.25) is 0 Å². The van der Waals surface area contributed by atoms with Crippen LogP contribution in [-0.4, -0.2) is 24.6 Å². The number of pyridine rings is 1. The lowest BCUT2D eigenvalue weighted by atomic mass is 10.1. The standard InChI is InChI=1S/C26H24N2O3S/c1-16-15-32-17(2)28(16)20-7-5-19-12-21(8-6-18(19)11-20)31-24-9-10-27-23-14-26(30-4)25(29-3)13-22(23)24/h5-15,17H,1-4H3. The van der Waals surface area contributed by atoms with Crippen LogP contribution in [-0.2, 0) is 0 Å². The van der Waals surface area contributed by atoms with Gasteiger partial charge >= 0.3 is 0 Å². The van der Waals surface area contributed by atoms with Crippen LogP contribution in [0.25, 0.3) is 21.7 Å². The number of hydrogen-bond acceptors (Lipinski definition) is 6.